The molecule has 1 atom stereocenters. The molecule has 128 valence electrons. The average molecular weight is 338 g/mol. The zero-order valence-corrected chi connectivity index (χ0v) is 14.2. The van der Waals surface area contributed by atoms with Crippen LogP contribution in [0.15, 0.2) is 52.9 Å². The number of furan rings is 1. The number of para-hydroxylation sites is 1. The maximum absolute atomic E-state index is 13.0. The van der Waals surface area contributed by atoms with Gasteiger partial charge in [0, 0.05) is 16.5 Å². The Morgan fingerprint density at radius 1 is 1.00 bits per heavy atom. The van der Waals surface area contributed by atoms with E-state index in [0.717, 1.165) is 5.39 Å². The molecular weight excluding hydrogens is 320 g/mol. The molecular formula is C20H18O5. The molecule has 3 rings (SSSR count). The first kappa shape index (κ1) is 16.8. The van der Waals surface area contributed by atoms with Gasteiger partial charge in [0.05, 0.1) is 20.1 Å². The van der Waals surface area contributed by atoms with Crippen molar-refractivity contribution in [2.75, 3.05) is 14.2 Å². The van der Waals surface area contributed by atoms with Crippen molar-refractivity contribution < 1.29 is 23.5 Å². The Morgan fingerprint density at radius 3 is 2.32 bits per heavy atom. The molecule has 0 spiro atoms. The van der Waals surface area contributed by atoms with Crippen LogP contribution in [-0.2, 0) is 9.53 Å². The van der Waals surface area contributed by atoms with Crippen LogP contribution in [-0.4, -0.2) is 26.0 Å². The molecule has 1 aromatic heterocycles. The fourth-order valence-corrected chi connectivity index (χ4v) is 2.83. The predicted molar refractivity (Wildman–Crippen MR) is 93.1 cm³/mol. The highest BCUT2D eigenvalue weighted by molar-refractivity contribution is 6.11. The largest absolute Gasteiger partial charge is 0.497 e. The number of hydrogen-bond donors (Lipinski definition) is 0. The van der Waals surface area contributed by atoms with E-state index in [1.165, 1.54) is 7.11 Å². The first-order chi connectivity index (χ1) is 12.1. The van der Waals surface area contributed by atoms with E-state index in [-0.39, 0.29) is 11.5 Å². The number of carbonyl (C=O) groups is 2. The summed E-state index contributed by atoms with van der Waals surface area (Å²) in [4.78, 5) is 25.0. The molecule has 0 saturated heterocycles. The van der Waals surface area contributed by atoms with Crippen LogP contribution >= 0.6 is 0 Å². The summed E-state index contributed by atoms with van der Waals surface area (Å²) in [6.07, 6.45) is 0. The third-order valence-electron chi connectivity index (χ3n) is 4.18. The molecule has 25 heavy (non-hydrogen) atoms. The molecule has 0 aliphatic heterocycles. The van der Waals surface area contributed by atoms with E-state index < -0.39 is 11.9 Å². The summed E-state index contributed by atoms with van der Waals surface area (Å²) in [5, 5.41) is 0.734. The molecule has 0 radical (unpaired) electrons. The highest BCUT2D eigenvalue weighted by atomic mass is 16.5. The smallest absolute Gasteiger partial charge is 0.313 e. The maximum atomic E-state index is 13.0. The highest BCUT2D eigenvalue weighted by Crippen LogP contribution is 2.34. The van der Waals surface area contributed by atoms with Gasteiger partial charge in [-0.25, -0.2) is 0 Å². The second-order valence-electron chi connectivity index (χ2n) is 5.64. The van der Waals surface area contributed by atoms with Crippen LogP contribution in [0, 0.1) is 0 Å². The lowest BCUT2D eigenvalue weighted by molar-refractivity contribution is -0.141. The van der Waals surface area contributed by atoms with Gasteiger partial charge in [0.15, 0.2) is 5.76 Å². The molecule has 0 saturated carbocycles. The summed E-state index contributed by atoms with van der Waals surface area (Å²) < 4.78 is 15.8. The van der Waals surface area contributed by atoms with Gasteiger partial charge < -0.3 is 13.9 Å². The zero-order valence-electron chi connectivity index (χ0n) is 14.2. The standard InChI is InChI=1S/C20H18O5/c1-12(20(22)24-3)17-15-6-4-5-7-16(15)25-19(17)18(21)13-8-10-14(23-2)11-9-13/h4-12H,1-3H3. The van der Waals surface area contributed by atoms with E-state index in [9.17, 15) is 9.59 Å². The van der Waals surface area contributed by atoms with Crippen molar-refractivity contribution in [2.24, 2.45) is 0 Å². The number of benzene rings is 2. The lowest BCUT2D eigenvalue weighted by atomic mass is 9.94. The second-order valence-corrected chi connectivity index (χ2v) is 5.64. The SMILES string of the molecule is COC(=O)C(C)c1c(C(=O)c2ccc(OC)cc2)oc2ccccc12. The first-order valence-electron chi connectivity index (χ1n) is 7.84. The molecule has 0 fully saturated rings. The number of carbonyl (C=O) groups excluding carboxylic acids is 2. The van der Waals surface area contributed by atoms with Gasteiger partial charge in [-0.2, -0.15) is 0 Å². The van der Waals surface area contributed by atoms with Crippen molar-refractivity contribution >= 4 is 22.7 Å². The topological polar surface area (TPSA) is 65.7 Å². The molecule has 0 amide bonds. The lowest BCUT2D eigenvalue weighted by Crippen LogP contribution is -2.14. The second kappa shape index (κ2) is 6.81. The van der Waals surface area contributed by atoms with Crippen molar-refractivity contribution in [1.29, 1.82) is 0 Å². The summed E-state index contributed by atoms with van der Waals surface area (Å²) in [6, 6.07) is 14.0. The van der Waals surface area contributed by atoms with Gasteiger partial charge in [0.25, 0.3) is 0 Å². The van der Waals surface area contributed by atoms with Crippen LogP contribution in [0.2, 0.25) is 0 Å². The molecule has 0 aliphatic rings. The van der Waals surface area contributed by atoms with Gasteiger partial charge in [-0.05, 0) is 37.3 Å². The third kappa shape index (κ3) is 3.01. The summed E-state index contributed by atoms with van der Waals surface area (Å²) >= 11 is 0. The average Bonchev–Trinajstić information content (AvgIpc) is 3.05. The Morgan fingerprint density at radius 2 is 1.68 bits per heavy atom. The molecule has 1 unspecified atom stereocenters. The quantitative estimate of drug-likeness (QED) is 0.520. The van der Waals surface area contributed by atoms with E-state index >= 15 is 0 Å². The predicted octanol–water partition coefficient (Wildman–Crippen LogP) is 3.95. The van der Waals surface area contributed by atoms with E-state index in [4.69, 9.17) is 13.9 Å². The minimum atomic E-state index is -0.620. The molecule has 0 N–H and O–H groups in total. The number of ketones is 1. The zero-order chi connectivity index (χ0) is 18.0. The molecule has 1 heterocycles. The number of esters is 1. The first-order valence-corrected chi connectivity index (χ1v) is 7.84. The summed E-state index contributed by atoms with van der Waals surface area (Å²) in [7, 11) is 2.89. The number of rotatable bonds is 5. The Balaban J connectivity index is 2.13. The Bertz CT molecular complexity index is 921. The van der Waals surface area contributed by atoms with Crippen molar-refractivity contribution in [3.63, 3.8) is 0 Å². The van der Waals surface area contributed by atoms with Crippen LogP contribution in [0.5, 0.6) is 5.75 Å². The molecule has 0 bridgehead atoms. The summed E-state index contributed by atoms with van der Waals surface area (Å²) in [6.45, 7) is 1.70. The Hall–Kier alpha value is -3.08. The Labute approximate surface area is 145 Å². The molecule has 5 heteroatoms. The van der Waals surface area contributed by atoms with E-state index in [0.29, 0.717) is 22.5 Å². The van der Waals surface area contributed by atoms with Crippen LogP contribution < -0.4 is 4.74 Å². The number of ether oxygens (including phenoxy) is 2. The number of fused-ring (bicyclic) bond motifs is 1. The molecule has 5 nitrogen and oxygen atoms in total. The minimum absolute atomic E-state index is 0.157. The normalized spacial score (nSPS) is 12.0. The van der Waals surface area contributed by atoms with Crippen LogP contribution in [0.1, 0.15) is 34.5 Å². The lowest BCUT2D eigenvalue weighted by Gasteiger charge is -2.10. The fraction of sp³-hybridized carbons (Fsp3) is 0.200. The Kier molecular flexibility index (Phi) is 4.57. The number of hydrogen-bond acceptors (Lipinski definition) is 5. The van der Waals surface area contributed by atoms with Gasteiger partial charge in [0.2, 0.25) is 5.78 Å². The third-order valence-corrected chi connectivity index (χ3v) is 4.18. The van der Waals surface area contributed by atoms with Crippen LogP contribution in [0.3, 0.4) is 0 Å². The van der Waals surface area contributed by atoms with E-state index in [2.05, 4.69) is 0 Å². The van der Waals surface area contributed by atoms with Gasteiger partial charge >= 0.3 is 5.97 Å². The van der Waals surface area contributed by atoms with Gasteiger partial charge in [-0.15, -0.1) is 0 Å². The number of methoxy groups -OCH3 is 2. The minimum Gasteiger partial charge on any atom is -0.497 e. The molecule has 0 aliphatic carbocycles. The van der Waals surface area contributed by atoms with Crippen molar-refractivity contribution in [3.8, 4) is 5.75 Å². The maximum Gasteiger partial charge on any atom is 0.313 e. The van der Waals surface area contributed by atoms with Gasteiger partial charge in [0.1, 0.15) is 11.3 Å². The van der Waals surface area contributed by atoms with E-state index in [1.807, 2.05) is 18.2 Å². The van der Waals surface area contributed by atoms with E-state index in [1.54, 1.807) is 44.4 Å². The highest BCUT2D eigenvalue weighted by Gasteiger charge is 2.29. The molecule has 2 aromatic carbocycles. The van der Waals surface area contributed by atoms with Crippen molar-refractivity contribution in [3.05, 3.63) is 65.4 Å². The van der Waals surface area contributed by atoms with Gasteiger partial charge in [-0.1, -0.05) is 18.2 Å². The molecule has 3 aromatic rings. The van der Waals surface area contributed by atoms with Crippen molar-refractivity contribution in [2.45, 2.75) is 12.8 Å². The fourth-order valence-electron chi connectivity index (χ4n) is 2.83. The monoisotopic (exact) mass is 338 g/mol. The van der Waals surface area contributed by atoms with Crippen LogP contribution in [0.4, 0.5) is 0 Å². The summed E-state index contributed by atoms with van der Waals surface area (Å²) in [5.41, 5.74) is 1.56. The van der Waals surface area contributed by atoms with Crippen LogP contribution in [0.25, 0.3) is 11.0 Å². The summed E-state index contributed by atoms with van der Waals surface area (Å²) in [5.74, 6) is -0.514. The van der Waals surface area contributed by atoms with Gasteiger partial charge in [-0.3, -0.25) is 9.59 Å². The van der Waals surface area contributed by atoms with Crippen molar-refractivity contribution in [1.82, 2.24) is 0 Å².